The molecule has 6 heteroatoms. The van der Waals surface area contributed by atoms with Crippen LogP contribution in [0, 0.1) is 11.6 Å². The molecule has 0 saturated heterocycles. The highest BCUT2D eigenvalue weighted by Gasteiger charge is 2.10. The van der Waals surface area contributed by atoms with Crippen LogP contribution in [0.1, 0.15) is 5.69 Å². The third kappa shape index (κ3) is 2.79. The van der Waals surface area contributed by atoms with E-state index < -0.39 is 11.6 Å². The van der Waals surface area contributed by atoms with E-state index in [-0.39, 0.29) is 11.8 Å². The van der Waals surface area contributed by atoms with Gasteiger partial charge >= 0.3 is 6.08 Å². The lowest BCUT2D eigenvalue weighted by molar-refractivity contribution is 0.316. The van der Waals surface area contributed by atoms with E-state index in [4.69, 9.17) is 9.15 Å². The van der Waals surface area contributed by atoms with Crippen LogP contribution in [-0.2, 0) is 6.54 Å². The summed E-state index contributed by atoms with van der Waals surface area (Å²) in [5.41, 5.74) is 0.610. The number of benzene rings is 1. The zero-order chi connectivity index (χ0) is 12.3. The van der Waals surface area contributed by atoms with Gasteiger partial charge in [-0.1, -0.05) is 0 Å². The van der Waals surface area contributed by atoms with Crippen LogP contribution < -0.4 is 10.1 Å². The molecule has 0 amide bonds. The minimum atomic E-state index is -0.681. The molecule has 0 unspecified atom stereocenters. The standard InChI is InChI=1S/C11H10F2N2O2/c1-14-5-8-6-16-11(15-8)17-10-4-7(12)2-3-9(10)13/h2-4,6,14H,5H2,1H3. The number of aromatic nitrogens is 1. The topological polar surface area (TPSA) is 47.3 Å². The molecular weight excluding hydrogens is 230 g/mol. The Morgan fingerprint density at radius 3 is 3.00 bits per heavy atom. The summed E-state index contributed by atoms with van der Waals surface area (Å²) >= 11 is 0. The smallest absolute Gasteiger partial charge is 0.399 e. The molecule has 0 atom stereocenters. The maximum absolute atomic E-state index is 13.2. The zero-order valence-corrected chi connectivity index (χ0v) is 9.04. The quantitative estimate of drug-likeness (QED) is 0.891. The molecule has 4 nitrogen and oxygen atoms in total. The van der Waals surface area contributed by atoms with Crippen LogP contribution in [0.4, 0.5) is 8.78 Å². The van der Waals surface area contributed by atoms with Crippen LogP contribution in [0.5, 0.6) is 11.8 Å². The van der Waals surface area contributed by atoms with Crippen molar-refractivity contribution < 1.29 is 17.9 Å². The molecule has 2 aromatic rings. The van der Waals surface area contributed by atoms with Crippen molar-refractivity contribution in [3.63, 3.8) is 0 Å². The Morgan fingerprint density at radius 2 is 2.24 bits per heavy atom. The predicted molar refractivity (Wildman–Crippen MR) is 55.7 cm³/mol. The van der Waals surface area contributed by atoms with Gasteiger partial charge in [-0.2, -0.15) is 4.98 Å². The number of halogens is 2. The van der Waals surface area contributed by atoms with Crippen LogP contribution in [0.25, 0.3) is 0 Å². The Bertz CT molecular complexity index is 514. The van der Waals surface area contributed by atoms with Crippen molar-refractivity contribution in [1.82, 2.24) is 10.3 Å². The summed E-state index contributed by atoms with van der Waals surface area (Å²) in [4.78, 5) is 3.93. The van der Waals surface area contributed by atoms with Gasteiger partial charge in [0.05, 0.1) is 5.69 Å². The van der Waals surface area contributed by atoms with Crippen molar-refractivity contribution in [3.8, 4) is 11.8 Å². The highest BCUT2D eigenvalue weighted by atomic mass is 19.1. The first-order valence-corrected chi connectivity index (χ1v) is 4.91. The van der Waals surface area contributed by atoms with Gasteiger partial charge in [0.15, 0.2) is 11.6 Å². The highest BCUT2D eigenvalue weighted by molar-refractivity contribution is 5.27. The molecule has 0 aliphatic carbocycles. The monoisotopic (exact) mass is 240 g/mol. The summed E-state index contributed by atoms with van der Waals surface area (Å²) in [5, 5.41) is 2.87. The number of hydrogen-bond donors (Lipinski definition) is 1. The maximum atomic E-state index is 13.2. The molecule has 90 valence electrons. The van der Waals surface area contributed by atoms with Gasteiger partial charge < -0.3 is 14.5 Å². The van der Waals surface area contributed by atoms with E-state index in [0.717, 1.165) is 18.2 Å². The van der Waals surface area contributed by atoms with E-state index in [1.54, 1.807) is 7.05 Å². The van der Waals surface area contributed by atoms with Crippen LogP contribution in [0.3, 0.4) is 0 Å². The Hall–Kier alpha value is -1.95. The molecule has 1 heterocycles. The van der Waals surface area contributed by atoms with Gasteiger partial charge in [0, 0.05) is 12.6 Å². The third-order valence-electron chi connectivity index (χ3n) is 1.98. The number of hydrogen-bond acceptors (Lipinski definition) is 4. The van der Waals surface area contributed by atoms with E-state index in [0.29, 0.717) is 12.2 Å². The van der Waals surface area contributed by atoms with Crippen molar-refractivity contribution in [3.05, 3.63) is 41.8 Å². The molecule has 0 bridgehead atoms. The number of nitrogens with one attached hydrogen (secondary N) is 1. The van der Waals surface area contributed by atoms with E-state index >= 15 is 0 Å². The average molecular weight is 240 g/mol. The van der Waals surface area contributed by atoms with Gasteiger partial charge in [-0.15, -0.1) is 0 Å². The minimum absolute atomic E-state index is 0.125. The summed E-state index contributed by atoms with van der Waals surface area (Å²) < 4.78 is 36.1. The second kappa shape index (κ2) is 4.92. The van der Waals surface area contributed by atoms with Gasteiger partial charge in [-0.25, -0.2) is 8.78 Å². The molecule has 0 aliphatic heterocycles. The highest BCUT2D eigenvalue weighted by Crippen LogP contribution is 2.24. The van der Waals surface area contributed by atoms with E-state index in [1.165, 1.54) is 6.26 Å². The molecule has 0 fully saturated rings. The number of nitrogens with zero attached hydrogens (tertiary/aromatic N) is 1. The zero-order valence-electron chi connectivity index (χ0n) is 9.04. The fourth-order valence-corrected chi connectivity index (χ4v) is 1.25. The first-order chi connectivity index (χ1) is 8.19. The second-order valence-corrected chi connectivity index (χ2v) is 3.31. The summed E-state index contributed by atoms with van der Waals surface area (Å²) in [6.07, 6.45) is 1.25. The Kier molecular flexibility index (Phi) is 3.34. The summed E-state index contributed by atoms with van der Waals surface area (Å²) in [6, 6.07) is 2.91. The van der Waals surface area contributed by atoms with Crippen molar-refractivity contribution >= 4 is 0 Å². The molecule has 1 N–H and O–H groups in total. The van der Waals surface area contributed by atoms with E-state index in [9.17, 15) is 8.78 Å². The van der Waals surface area contributed by atoms with Gasteiger partial charge in [-0.05, 0) is 19.2 Å². The molecule has 1 aromatic carbocycles. The van der Waals surface area contributed by atoms with Gasteiger partial charge in [-0.3, -0.25) is 0 Å². The molecule has 1 aromatic heterocycles. The van der Waals surface area contributed by atoms with Gasteiger partial charge in [0.1, 0.15) is 12.1 Å². The second-order valence-electron chi connectivity index (χ2n) is 3.31. The molecule has 0 spiro atoms. The lowest BCUT2D eigenvalue weighted by atomic mass is 10.3. The molecule has 17 heavy (non-hydrogen) atoms. The first kappa shape index (κ1) is 11.5. The van der Waals surface area contributed by atoms with Crippen LogP contribution in [0.15, 0.2) is 28.9 Å². The van der Waals surface area contributed by atoms with Crippen molar-refractivity contribution in [2.75, 3.05) is 7.05 Å². The normalized spacial score (nSPS) is 10.5. The molecule has 2 rings (SSSR count). The lowest BCUT2D eigenvalue weighted by Gasteiger charge is -2.01. The summed E-state index contributed by atoms with van der Waals surface area (Å²) in [5.74, 6) is -1.54. The molecule has 0 aliphatic rings. The van der Waals surface area contributed by atoms with Crippen molar-refractivity contribution in [1.29, 1.82) is 0 Å². The largest absolute Gasteiger partial charge is 0.417 e. The van der Waals surface area contributed by atoms with Gasteiger partial charge in [0.2, 0.25) is 0 Å². The fraction of sp³-hybridized carbons (Fsp3) is 0.182. The number of oxazole rings is 1. The average Bonchev–Trinajstić information content (AvgIpc) is 2.72. The predicted octanol–water partition coefficient (Wildman–Crippen LogP) is 2.46. The Labute approximate surface area is 96.2 Å². The van der Waals surface area contributed by atoms with Crippen LogP contribution in [0.2, 0.25) is 0 Å². The first-order valence-electron chi connectivity index (χ1n) is 4.91. The van der Waals surface area contributed by atoms with Crippen molar-refractivity contribution in [2.45, 2.75) is 6.54 Å². The Balaban J connectivity index is 2.16. The minimum Gasteiger partial charge on any atom is -0.417 e. The number of ether oxygens (including phenoxy) is 1. The fourth-order valence-electron chi connectivity index (χ4n) is 1.25. The van der Waals surface area contributed by atoms with E-state index in [1.807, 2.05) is 0 Å². The van der Waals surface area contributed by atoms with E-state index in [2.05, 4.69) is 10.3 Å². The Morgan fingerprint density at radius 1 is 1.41 bits per heavy atom. The summed E-state index contributed by atoms with van der Waals surface area (Å²) in [7, 11) is 1.75. The van der Waals surface area contributed by atoms with Crippen molar-refractivity contribution in [2.24, 2.45) is 0 Å². The SMILES string of the molecule is CNCc1coc(Oc2cc(F)ccc2F)n1. The number of rotatable bonds is 4. The molecule has 0 saturated carbocycles. The third-order valence-corrected chi connectivity index (χ3v) is 1.98. The van der Waals surface area contributed by atoms with Crippen LogP contribution in [-0.4, -0.2) is 12.0 Å². The van der Waals surface area contributed by atoms with Crippen LogP contribution >= 0.6 is 0 Å². The maximum Gasteiger partial charge on any atom is 0.399 e. The summed E-state index contributed by atoms with van der Waals surface area (Å²) in [6.45, 7) is 0.499. The van der Waals surface area contributed by atoms with Gasteiger partial charge in [0.25, 0.3) is 0 Å². The lowest BCUT2D eigenvalue weighted by Crippen LogP contribution is -2.04. The molecular formula is C11H10F2N2O2. The molecule has 0 radical (unpaired) electrons.